The summed E-state index contributed by atoms with van der Waals surface area (Å²) in [6.45, 7) is 8.67. The lowest BCUT2D eigenvalue weighted by atomic mass is 9.82. The summed E-state index contributed by atoms with van der Waals surface area (Å²) < 4.78 is 7.94. The number of hydrogen-bond acceptors (Lipinski definition) is 5. The molecular weight excluding hydrogens is 380 g/mol. The van der Waals surface area contributed by atoms with Gasteiger partial charge in [-0.15, -0.1) is 0 Å². The lowest BCUT2D eigenvalue weighted by Crippen LogP contribution is -2.46. The van der Waals surface area contributed by atoms with Gasteiger partial charge in [0.15, 0.2) is 0 Å². The van der Waals surface area contributed by atoms with Crippen molar-refractivity contribution in [2.75, 3.05) is 37.3 Å². The van der Waals surface area contributed by atoms with Gasteiger partial charge in [0.25, 0.3) is 0 Å². The minimum atomic E-state index is -0.515. The molecule has 0 amide bonds. The zero-order chi connectivity index (χ0) is 21.0. The van der Waals surface area contributed by atoms with E-state index in [2.05, 4.69) is 54.2 Å². The third-order valence-electron chi connectivity index (χ3n) is 6.15. The molecule has 0 saturated carbocycles. The van der Waals surface area contributed by atoms with Gasteiger partial charge >= 0.3 is 0 Å². The lowest BCUT2D eigenvalue weighted by molar-refractivity contribution is 0.0433. The Bertz CT molecular complexity index is 794. The monoisotopic (exact) mass is 414 g/mol. The SMILES string of the molecule is CSN(C)c1ccc(OCC(O)CN2CCC(c3cccc(C)c3)C2(C)C)cc1. The maximum atomic E-state index is 10.6. The molecule has 0 spiro atoms. The number of aryl methyl sites for hydroxylation is 1. The van der Waals surface area contributed by atoms with Crippen molar-refractivity contribution in [1.29, 1.82) is 0 Å². The third-order valence-corrected chi connectivity index (χ3v) is 6.91. The number of benzene rings is 2. The van der Waals surface area contributed by atoms with E-state index in [9.17, 15) is 5.11 Å². The first-order valence-corrected chi connectivity index (χ1v) is 11.5. The largest absolute Gasteiger partial charge is 0.491 e. The summed E-state index contributed by atoms with van der Waals surface area (Å²) in [4.78, 5) is 2.41. The number of aliphatic hydroxyl groups is 1. The van der Waals surface area contributed by atoms with Gasteiger partial charge in [0.1, 0.15) is 18.5 Å². The molecule has 2 unspecified atom stereocenters. The standard InChI is InChI=1S/C24H34N2O2S/c1-18-7-6-8-19(15-18)23-13-14-26(24(23,2)3)16-21(27)17-28-22-11-9-20(10-12-22)25(4)29-5/h6-12,15,21,23,27H,13-14,16-17H2,1-5H3. The molecule has 1 N–H and O–H groups in total. The number of nitrogens with zero attached hydrogens (tertiary/aromatic N) is 2. The number of hydrogen-bond donors (Lipinski definition) is 1. The number of anilines is 1. The van der Waals surface area contributed by atoms with Gasteiger partial charge in [-0.3, -0.25) is 4.90 Å². The van der Waals surface area contributed by atoms with Crippen LogP contribution in [0.3, 0.4) is 0 Å². The third kappa shape index (κ3) is 5.27. The molecule has 158 valence electrons. The molecule has 1 heterocycles. The molecule has 1 saturated heterocycles. The fourth-order valence-electron chi connectivity index (χ4n) is 4.29. The Morgan fingerprint density at radius 3 is 2.62 bits per heavy atom. The van der Waals surface area contributed by atoms with Crippen LogP contribution in [-0.4, -0.2) is 54.6 Å². The predicted molar refractivity (Wildman–Crippen MR) is 124 cm³/mol. The number of rotatable bonds is 8. The molecule has 0 aromatic heterocycles. The van der Waals surface area contributed by atoms with Crippen LogP contribution in [0.2, 0.25) is 0 Å². The van der Waals surface area contributed by atoms with Gasteiger partial charge in [0.2, 0.25) is 0 Å². The van der Waals surface area contributed by atoms with Crippen LogP contribution in [0.5, 0.6) is 5.75 Å². The van der Waals surface area contributed by atoms with Crippen LogP contribution in [0, 0.1) is 6.92 Å². The average molecular weight is 415 g/mol. The molecular formula is C24H34N2O2S. The predicted octanol–water partition coefficient (Wildman–Crippen LogP) is 4.72. The summed E-state index contributed by atoms with van der Waals surface area (Å²) in [5.41, 5.74) is 3.85. The molecule has 2 aromatic rings. The van der Waals surface area contributed by atoms with Gasteiger partial charge < -0.3 is 14.1 Å². The smallest absolute Gasteiger partial charge is 0.119 e. The number of ether oxygens (including phenoxy) is 1. The Hall–Kier alpha value is -1.69. The van der Waals surface area contributed by atoms with Crippen molar-refractivity contribution in [3.63, 3.8) is 0 Å². The van der Waals surface area contributed by atoms with Crippen molar-refractivity contribution in [2.24, 2.45) is 0 Å². The van der Waals surface area contributed by atoms with Crippen LogP contribution in [0.1, 0.15) is 37.3 Å². The second-order valence-corrected chi connectivity index (χ2v) is 9.41. The fraction of sp³-hybridized carbons (Fsp3) is 0.500. The highest BCUT2D eigenvalue weighted by Crippen LogP contribution is 2.41. The van der Waals surface area contributed by atoms with Crippen molar-refractivity contribution in [3.05, 3.63) is 59.7 Å². The Labute approximate surface area is 180 Å². The number of aliphatic hydroxyl groups excluding tert-OH is 1. The van der Waals surface area contributed by atoms with E-state index >= 15 is 0 Å². The summed E-state index contributed by atoms with van der Waals surface area (Å²) in [6.07, 6.45) is 2.65. The molecule has 2 atom stereocenters. The quantitative estimate of drug-likeness (QED) is 0.633. The molecule has 0 aliphatic carbocycles. The minimum Gasteiger partial charge on any atom is -0.491 e. The van der Waals surface area contributed by atoms with Crippen molar-refractivity contribution >= 4 is 17.6 Å². The number of β-amino-alcohol motifs (C(OH)–C–C–N with tert-alkyl or cyclic N) is 1. The summed E-state index contributed by atoms with van der Waals surface area (Å²) in [5, 5.41) is 10.6. The highest BCUT2D eigenvalue weighted by atomic mass is 32.2. The van der Waals surface area contributed by atoms with Gasteiger partial charge in [0.05, 0.1) is 0 Å². The van der Waals surface area contributed by atoms with Crippen molar-refractivity contribution in [1.82, 2.24) is 4.90 Å². The van der Waals surface area contributed by atoms with E-state index in [1.54, 1.807) is 11.9 Å². The number of likely N-dealkylation sites (tertiary alicyclic amines) is 1. The van der Waals surface area contributed by atoms with Crippen LogP contribution in [0.4, 0.5) is 5.69 Å². The van der Waals surface area contributed by atoms with E-state index in [0.717, 1.165) is 24.4 Å². The molecule has 4 nitrogen and oxygen atoms in total. The molecule has 1 fully saturated rings. The zero-order valence-electron chi connectivity index (χ0n) is 18.3. The zero-order valence-corrected chi connectivity index (χ0v) is 19.1. The van der Waals surface area contributed by atoms with Gasteiger partial charge in [-0.05, 0) is 63.6 Å². The van der Waals surface area contributed by atoms with E-state index in [1.807, 2.05) is 37.6 Å². The fourth-order valence-corrected chi connectivity index (χ4v) is 4.62. The maximum absolute atomic E-state index is 10.6. The molecule has 1 aliphatic heterocycles. The maximum Gasteiger partial charge on any atom is 0.119 e. The molecule has 0 bridgehead atoms. The first-order valence-electron chi connectivity index (χ1n) is 10.3. The van der Waals surface area contributed by atoms with Crippen LogP contribution in [0.15, 0.2) is 48.5 Å². The van der Waals surface area contributed by atoms with Gasteiger partial charge in [-0.2, -0.15) is 0 Å². The molecule has 0 radical (unpaired) electrons. The highest BCUT2D eigenvalue weighted by Gasteiger charge is 2.42. The minimum absolute atomic E-state index is 0.0127. The topological polar surface area (TPSA) is 35.9 Å². The van der Waals surface area contributed by atoms with Crippen molar-refractivity contribution in [3.8, 4) is 5.75 Å². The summed E-state index contributed by atoms with van der Waals surface area (Å²) in [5.74, 6) is 1.28. The molecule has 5 heteroatoms. The first-order chi connectivity index (χ1) is 13.8. The van der Waals surface area contributed by atoms with E-state index < -0.39 is 6.10 Å². The van der Waals surface area contributed by atoms with E-state index in [1.165, 1.54) is 11.1 Å². The highest BCUT2D eigenvalue weighted by molar-refractivity contribution is 7.99. The Balaban J connectivity index is 1.54. The van der Waals surface area contributed by atoms with E-state index in [-0.39, 0.29) is 5.54 Å². The summed E-state index contributed by atoms with van der Waals surface area (Å²) in [7, 11) is 2.03. The molecule has 1 aliphatic rings. The van der Waals surface area contributed by atoms with Crippen LogP contribution >= 0.6 is 11.9 Å². The van der Waals surface area contributed by atoms with Crippen LogP contribution in [0.25, 0.3) is 0 Å². The van der Waals surface area contributed by atoms with Crippen LogP contribution < -0.4 is 9.04 Å². The van der Waals surface area contributed by atoms with Gasteiger partial charge in [-0.25, -0.2) is 0 Å². The van der Waals surface area contributed by atoms with E-state index in [4.69, 9.17) is 4.74 Å². The lowest BCUT2D eigenvalue weighted by Gasteiger charge is -2.37. The Morgan fingerprint density at radius 2 is 1.97 bits per heavy atom. The molecule has 29 heavy (non-hydrogen) atoms. The Morgan fingerprint density at radius 1 is 1.24 bits per heavy atom. The van der Waals surface area contributed by atoms with Gasteiger partial charge in [-0.1, -0.05) is 41.8 Å². The Kier molecular flexibility index (Phi) is 7.14. The van der Waals surface area contributed by atoms with Gasteiger partial charge in [0, 0.05) is 37.0 Å². The summed E-state index contributed by atoms with van der Waals surface area (Å²) >= 11 is 1.67. The second kappa shape index (κ2) is 9.41. The molecule has 2 aromatic carbocycles. The second-order valence-electron chi connectivity index (χ2n) is 8.49. The van der Waals surface area contributed by atoms with Crippen LogP contribution in [-0.2, 0) is 0 Å². The first kappa shape index (κ1) is 22.0. The normalized spacial score (nSPS) is 19.9. The van der Waals surface area contributed by atoms with Crippen molar-refractivity contribution in [2.45, 2.75) is 44.8 Å². The van der Waals surface area contributed by atoms with E-state index in [0.29, 0.717) is 19.1 Å². The summed E-state index contributed by atoms with van der Waals surface area (Å²) in [6, 6.07) is 16.8. The average Bonchev–Trinajstić information content (AvgIpc) is 3.00. The molecule has 3 rings (SSSR count). The van der Waals surface area contributed by atoms with Crippen molar-refractivity contribution < 1.29 is 9.84 Å².